The van der Waals surface area contributed by atoms with Crippen LogP contribution < -0.4 is 11.1 Å². The summed E-state index contributed by atoms with van der Waals surface area (Å²) in [6, 6.07) is 18.9. The molecule has 1 spiro atoms. The zero-order chi connectivity index (χ0) is 26.2. The summed E-state index contributed by atoms with van der Waals surface area (Å²) in [5.74, 6) is -0.564. The Labute approximate surface area is 217 Å². The van der Waals surface area contributed by atoms with E-state index in [0.717, 1.165) is 38.0 Å². The Morgan fingerprint density at radius 1 is 0.892 bits per heavy atom. The number of carbonyl (C=O) groups excluding carboxylic acids is 3. The van der Waals surface area contributed by atoms with Gasteiger partial charge in [-0.3, -0.25) is 19.3 Å². The van der Waals surface area contributed by atoms with Crippen LogP contribution in [0.4, 0.5) is 0 Å². The van der Waals surface area contributed by atoms with E-state index in [1.165, 1.54) is 17.7 Å². The molecule has 1 fully saturated rings. The quantitative estimate of drug-likeness (QED) is 0.522. The van der Waals surface area contributed by atoms with E-state index in [2.05, 4.69) is 20.9 Å². The molecule has 1 aliphatic carbocycles. The summed E-state index contributed by atoms with van der Waals surface area (Å²) in [4.78, 5) is 40.7. The van der Waals surface area contributed by atoms with Gasteiger partial charge in [0.2, 0.25) is 5.91 Å². The van der Waals surface area contributed by atoms with Gasteiger partial charge in [0.1, 0.15) is 5.69 Å². The van der Waals surface area contributed by atoms with Gasteiger partial charge in [-0.05, 0) is 66.8 Å². The molecular weight excluding hydrogens is 466 g/mol. The molecule has 3 N–H and O–H groups in total. The number of nitrogens with zero attached hydrogens (tertiary/aromatic N) is 3. The highest BCUT2D eigenvalue weighted by atomic mass is 16.2. The molecule has 0 radical (unpaired) electrons. The monoisotopic (exact) mass is 499 g/mol. The first kappa shape index (κ1) is 24.8. The van der Waals surface area contributed by atoms with Gasteiger partial charge < -0.3 is 20.5 Å². The van der Waals surface area contributed by atoms with Crippen molar-refractivity contribution in [3.8, 4) is 0 Å². The van der Waals surface area contributed by atoms with Crippen molar-refractivity contribution in [2.75, 3.05) is 20.6 Å². The lowest BCUT2D eigenvalue weighted by Crippen LogP contribution is -2.56. The molecule has 192 valence electrons. The molecule has 3 amide bonds. The lowest BCUT2D eigenvalue weighted by Gasteiger charge is -2.53. The average molecular weight is 500 g/mol. The Morgan fingerprint density at radius 2 is 1.54 bits per heavy atom. The van der Waals surface area contributed by atoms with E-state index in [9.17, 15) is 14.4 Å². The van der Waals surface area contributed by atoms with Crippen molar-refractivity contribution in [3.63, 3.8) is 0 Å². The van der Waals surface area contributed by atoms with Crippen molar-refractivity contribution in [1.29, 1.82) is 0 Å². The number of nitrogens with two attached hydrogens (primary N) is 1. The van der Waals surface area contributed by atoms with E-state index in [-0.39, 0.29) is 17.4 Å². The third-order valence-corrected chi connectivity index (χ3v) is 7.74. The number of hydrogen-bond donors (Lipinski definition) is 2. The molecule has 3 aromatic rings. The minimum absolute atomic E-state index is 0.00583. The SMILES string of the molecule is CN(C)C(=O)c1ccc(CN2CCn3c(C(=O)NCc4ccc(C(N)=O)cc4)ccc3C23CCC3)cc1. The van der Waals surface area contributed by atoms with Gasteiger partial charge in [0.25, 0.3) is 11.8 Å². The number of amides is 3. The molecule has 2 heterocycles. The van der Waals surface area contributed by atoms with Gasteiger partial charge in [-0.1, -0.05) is 24.3 Å². The molecule has 2 aromatic carbocycles. The number of fused-ring (bicyclic) bond motifs is 2. The first-order valence-corrected chi connectivity index (χ1v) is 12.7. The fourth-order valence-corrected chi connectivity index (χ4v) is 5.52. The van der Waals surface area contributed by atoms with E-state index in [1.54, 1.807) is 43.3 Å². The number of hydrogen-bond acceptors (Lipinski definition) is 4. The van der Waals surface area contributed by atoms with Crippen molar-refractivity contribution in [3.05, 3.63) is 94.3 Å². The van der Waals surface area contributed by atoms with Gasteiger partial charge in [-0.15, -0.1) is 0 Å². The van der Waals surface area contributed by atoms with Crippen molar-refractivity contribution >= 4 is 17.7 Å². The van der Waals surface area contributed by atoms with E-state index in [1.807, 2.05) is 30.3 Å². The molecule has 2 aliphatic rings. The van der Waals surface area contributed by atoms with Crippen molar-refractivity contribution in [2.24, 2.45) is 5.73 Å². The van der Waals surface area contributed by atoms with E-state index < -0.39 is 5.91 Å². The fourth-order valence-electron chi connectivity index (χ4n) is 5.52. The number of carbonyl (C=O) groups is 3. The summed E-state index contributed by atoms with van der Waals surface area (Å²) >= 11 is 0. The first-order chi connectivity index (χ1) is 17.8. The van der Waals surface area contributed by atoms with Crippen LogP contribution in [0.1, 0.15) is 67.3 Å². The molecule has 0 unspecified atom stereocenters. The normalized spacial score (nSPS) is 16.1. The van der Waals surface area contributed by atoms with E-state index >= 15 is 0 Å². The maximum absolute atomic E-state index is 13.1. The second-order valence-corrected chi connectivity index (χ2v) is 10.2. The highest BCUT2D eigenvalue weighted by molar-refractivity contribution is 5.94. The van der Waals surface area contributed by atoms with Crippen LogP contribution in [0.15, 0.2) is 60.7 Å². The zero-order valence-electron chi connectivity index (χ0n) is 21.4. The summed E-state index contributed by atoms with van der Waals surface area (Å²) in [6.45, 7) is 2.79. The fraction of sp³-hybridized carbons (Fsp3) is 0.345. The Hall–Kier alpha value is -3.91. The predicted molar refractivity (Wildman–Crippen MR) is 141 cm³/mol. The molecule has 1 aromatic heterocycles. The maximum Gasteiger partial charge on any atom is 0.268 e. The molecule has 8 nitrogen and oxygen atoms in total. The Kier molecular flexibility index (Phi) is 6.60. The molecule has 37 heavy (non-hydrogen) atoms. The van der Waals surface area contributed by atoms with Crippen LogP contribution in [0.3, 0.4) is 0 Å². The highest BCUT2D eigenvalue weighted by Crippen LogP contribution is 2.49. The Morgan fingerprint density at radius 3 is 2.14 bits per heavy atom. The van der Waals surface area contributed by atoms with Gasteiger partial charge in [-0.25, -0.2) is 0 Å². The molecule has 0 bridgehead atoms. The minimum atomic E-state index is -0.467. The number of nitrogens with one attached hydrogen (secondary N) is 1. The van der Waals surface area contributed by atoms with Crippen LogP contribution in [0.25, 0.3) is 0 Å². The smallest absolute Gasteiger partial charge is 0.268 e. The number of rotatable bonds is 7. The van der Waals surface area contributed by atoms with Crippen molar-refractivity contribution in [1.82, 2.24) is 19.7 Å². The van der Waals surface area contributed by atoms with Gasteiger partial charge in [0.15, 0.2) is 0 Å². The molecule has 0 saturated heterocycles. The predicted octanol–water partition coefficient (Wildman–Crippen LogP) is 3.11. The van der Waals surface area contributed by atoms with Crippen LogP contribution in [-0.2, 0) is 25.2 Å². The van der Waals surface area contributed by atoms with Gasteiger partial charge in [0, 0.05) is 57.1 Å². The lowest BCUT2D eigenvalue weighted by molar-refractivity contribution is -0.0217. The Balaban J connectivity index is 1.29. The minimum Gasteiger partial charge on any atom is -0.366 e. The van der Waals surface area contributed by atoms with E-state index in [4.69, 9.17) is 5.73 Å². The van der Waals surface area contributed by atoms with Crippen molar-refractivity contribution < 1.29 is 14.4 Å². The molecule has 5 rings (SSSR count). The topological polar surface area (TPSA) is 101 Å². The average Bonchev–Trinajstić information content (AvgIpc) is 3.31. The second kappa shape index (κ2) is 9.86. The van der Waals surface area contributed by atoms with Gasteiger partial charge in [0.05, 0.1) is 5.54 Å². The Bertz CT molecular complexity index is 1320. The molecule has 0 atom stereocenters. The standard InChI is InChI=1S/C29H33N5O3/c1-32(2)28(37)23-10-6-21(7-11-23)19-33-16-17-34-24(12-13-25(34)29(33)14-3-15-29)27(36)31-18-20-4-8-22(9-5-20)26(30)35/h4-13H,3,14-19H2,1-2H3,(H2,30,35)(H,31,36). The van der Waals surface area contributed by atoms with Crippen LogP contribution in [-0.4, -0.2) is 52.7 Å². The third kappa shape index (κ3) is 4.64. The van der Waals surface area contributed by atoms with Crippen LogP contribution >= 0.6 is 0 Å². The zero-order valence-corrected chi connectivity index (χ0v) is 21.4. The lowest BCUT2D eigenvalue weighted by atomic mass is 9.71. The summed E-state index contributed by atoms with van der Waals surface area (Å²) in [7, 11) is 3.52. The summed E-state index contributed by atoms with van der Waals surface area (Å²) < 4.78 is 2.18. The highest BCUT2D eigenvalue weighted by Gasteiger charge is 2.48. The maximum atomic E-state index is 13.1. The summed E-state index contributed by atoms with van der Waals surface area (Å²) in [5, 5.41) is 3.02. The number of benzene rings is 2. The summed E-state index contributed by atoms with van der Waals surface area (Å²) in [6.07, 6.45) is 3.31. The number of aromatic nitrogens is 1. The molecular formula is C29H33N5O3. The van der Waals surface area contributed by atoms with Gasteiger partial charge in [-0.2, -0.15) is 0 Å². The largest absolute Gasteiger partial charge is 0.366 e. The second-order valence-electron chi connectivity index (χ2n) is 10.2. The third-order valence-electron chi connectivity index (χ3n) is 7.74. The molecule has 1 aliphatic heterocycles. The first-order valence-electron chi connectivity index (χ1n) is 12.7. The van der Waals surface area contributed by atoms with Crippen LogP contribution in [0, 0.1) is 0 Å². The van der Waals surface area contributed by atoms with Gasteiger partial charge >= 0.3 is 0 Å². The van der Waals surface area contributed by atoms with Crippen LogP contribution in [0.2, 0.25) is 0 Å². The van der Waals surface area contributed by atoms with Crippen LogP contribution in [0.5, 0.6) is 0 Å². The van der Waals surface area contributed by atoms with E-state index in [0.29, 0.717) is 23.4 Å². The molecule has 8 heteroatoms. The number of primary amides is 1. The van der Waals surface area contributed by atoms with Crippen molar-refractivity contribution in [2.45, 2.75) is 44.4 Å². The summed E-state index contributed by atoms with van der Waals surface area (Å²) in [5.41, 5.74) is 10.4. The molecule has 1 saturated carbocycles.